The first-order valence-corrected chi connectivity index (χ1v) is 3.96. The zero-order valence-corrected chi connectivity index (χ0v) is 7.50. The Morgan fingerprint density at radius 1 is 1.25 bits per heavy atom. The van der Waals surface area contributed by atoms with E-state index in [9.17, 15) is 0 Å². The van der Waals surface area contributed by atoms with Crippen molar-refractivity contribution in [2.75, 3.05) is 0 Å². The largest absolute Gasteiger partial charge is 0.238 e. The van der Waals surface area contributed by atoms with Crippen molar-refractivity contribution >= 4 is 5.52 Å². The minimum absolute atomic E-state index is 1.04. The minimum Gasteiger partial charge on any atom is -0.238 e. The summed E-state index contributed by atoms with van der Waals surface area (Å²) in [7, 11) is 0. The van der Waals surface area contributed by atoms with Gasteiger partial charge in [-0.2, -0.15) is 5.10 Å². The molecule has 0 spiro atoms. The average Bonchev–Trinajstić information content (AvgIpc) is 2.29. The molecule has 0 atom stereocenters. The summed E-state index contributed by atoms with van der Waals surface area (Å²) in [4.78, 5) is 4.15. The third-order valence-electron chi connectivity index (χ3n) is 2.26. The first-order valence-electron chi connectivity index (χ1n) is 3.96. The van der Waals surface area contributed by atoms with Crippen LogP contribution < -0.4 is 0 Å². The molecular weight excluding hydrogens is 150 g/mol. The van der Waals surface area contributed by atoms with Gasteiger partial charge in [0, 0.05) is 6.20 Å². The highest BCUT2D eigenvalue weighted by molar-refractivity contribution is 5.60. The number of aromatic nitrogens is 3. The van der Waals surface area contributed by atoms with Gasteiger partial charge in [0.1, 0.15) is 6.33 Å². The molecule has 0 N–H and O–H groups in total. The first kappa shape index (κ1) is 7.28. The lowest BCUT2D eigenvalue weighted by Crippen LogP contribution is -1.94. The van der Waals surface area contributed by atoms with Crippen molar-refractivity contribution in [3.8, 4) is 0 Å². The quantitative estimate of drug-likeness (QED) is 0.588. The summed E-state index contributed by atoms with van der Waals surface area (Å²) in [6, 6.07) is 0. The topological polar surface area (TPSA) is 30.2 Å². The lowest BCUT2D eigenvalue weighted by Gasteiger charge is -1.96. The normalized spacial score (nSPS) is 10.9. The highest BCUT2D eigenvalue weighted by Gasteiger charge is 2.05. The van der Waals surface area contributed by atoms with Crippen LogP contribution in [-0.2, 0) is 0 Å². The van der Waals surface area contributed by atoms with Gasteiger partial charge in [0.15, 0.2) is 0 Å². The average molecular weight is 161 g/mol. The van der Waals surface area contributed by atoms with Crippen LogP contribution >= 0.6 is 0 Å². The Kier molecular flexibility index (Phi) is 1.40. The maximum Gasteiger partial charge on any atom is 0.136 e. The number of fused-ring (bicyclic) bond motifs is 1. The van der Waals surface area contributed by atoms with Gasteiger partial charge in [-0.05, 0) is 31.9 Å². The summed E-state index contributed by atoms with van der Waals surface area (Å²) >= 11 is 0. The van der Waals surface area contributed by atoms with Gasteiger partial charge in [0.25, 0.3) is 0 Å². The summed E-state index contributed by atoms with van der Waals surface area (Å²) < 4.78 is 1.88. The Bertz CT molecular complexity index is 429. The van der Waals surface area contributed by atoms with Gasteiger partial charge in [0.2, 0.25) is 0 Å². The van der Waals surface area contributed by atoms with Crippen LogP contribution in [0.1, 0.15) is 16.8 Å². The molecule has 0 radical (unpaired) electrons. The fourth-order valence-corrected chi connectivity index (χ4v) is 1.46. The third kappa shape index (κ3) is 0.826. The van der Waals surface area contributed by atoms with Crippen LogP contribution in [0, 0.1) is 20.8 Å². The maximum atomic E-state index is 4.15. The van der Waals surface area contributed by atoms with Crippen LogP contribution in [-0.4, -0.2) is 14.6 Å². The van der Waals surface area contributed by atoms with Crippen molar-refractivity contribution in [2.24, 2.45) is 0 Å². The molecule has 0 unspecified atom stereocenters. The minimum atomic E-state index is 1.04. The summed E-state index contributed by atoms with van der Waals surface area (Å²) in [6.45, 7) is 6.19. The Labute approximate surface area is 71.1 Å². The fourth-order valence-electron chi connectivity index (χ4n) is 1.46. The molecule has 0 saturated heterocycles. The molecule has 0 aliphatic carbocycles. The second-order valence-corrected chi connectivity index (χ2v) is 3.08. The molecule has 2 heterocycles. The predicted molar refractivity (Wildman–Crippen MR) is 47.2 cm³/mol. The first-order chi connectivity index (χ1) is 5.70. The van der Waals surface area contributed by atoms with E-state index < -0.39 is 0 Å². The summed E-state index contributed by atoms with van der Waals surface area (Å²) in [5.74, 6) is 0. The molecule has 12 heavy (non-hydrogen) atoms. The molecule has 0 aliphatic heterocycles. The van der Waals surface area contributed by atoms with Crippen LogP contribution in [0.3, 0.4) is 0 Å². The van der Waals surface area contributed by atoms with Crippen molar-refractivity contribution in [1.82, 2.24) is 14.6 Å². The van der Waals surface area contributed by atoms with E-state index in [1.54, 1.807) is 6.33 Å². The lowest BCUT2D eigenvalue weighted by molar-refractivity contribution is 0.884. The Morgan fingerprint density at radius 3 is 2.67 bits per heavy atom. The molecule has 62 valence electrons. The van der Waals surface area contributed by atoms with E-state index in [1.807, 2.05) is 17.6 Å². The van der Waals surface area contributed by atoms with E-state index in [0.29, 0.717) is 0 Å². The molecule has 3 heteroatoms. The summed E-state index contributed by atoms with van der Waals surface area (Å²) in [5.41, 5.74) is 4.71. The van der Waals surface area contributed by atoms with Crippen LogP contribution in [0.2, 0.25) is 0 Å². The van der Waals surface area contributed by atoms with Gasteiger partial charge in [0.05, 0.1) is 11.2 Å². The molecule has 0 amide bonds. The molecule has 0 aliphatic rings. The molecule has 0 saturated carbocycles. The Balaban J connectivity index is 2.97. The van der Waals surface area contributed by atoms with Crippen molar-refractivity contribution in [1.29, 1.82) is 0 Å². The number of hydrogen-bond acceptors (Lipinski definition) is 2. The Morgan fingerprint density at radius 2 is 2.00 bits per heavy atom. The molecule has 2 aromatic heterocycles. The molecular formula is C9H11N3. The predicted octanol–water partition coefficient (Wildman–Crippen LogP) is 1.65. The van der Waals surface area contributed by atoms with E-state index in [4.69, 9.17) is 0 Å². The zero-order chi connectivity index (χ0) is 8.72. The van der Waals surface area contributed by atoms with E-state index >= 15 is 0 Å². The van der Waals surface area contributed by atoms with E-state index in [-0.39, 0.29) is 0 Å². The third-order valence-corrected chi connectivity index (χ3v) is 2.26. The van der Waals surface area contributed by atoms with Crippen molar-refractivity contribution in [2.45, 2.75) is 20.8 Å². The molecule has 0 fully saturated rings. The molecule has 2 aromatic rings. The smallest absolute Gasteiger partial charge is 0.136 e. The zero-order valence-electron chi connectivity index (χ0n) is 7.50. The van der Waals surface area contributed by atoms with Crippen LogP contribution in [0.4, 0.5) is 0 Å². The number of rotatable bonds is 0. The van der Waals surface area contributed by atoms with E-state index in [2.05, 4.69) is 23.9 Å². The highest BCUT2D eigenvalue weighted by atomic mass is 15.2. The van der Waals surface area contributed by atoms with Gasteiger partial charge in [-0.25, -0.2) is 9.50 Å². The second-order valence-electron chi connectivity index (χ2n) is 3.08. The van der Waals surface area contributed by atoms with Gasteiger partial charge in [-0.15, -0.1) is 0 Å². The van der Waals surface area contributed by atoms with Gasteiger partial charge < -0.3 is 0 Å². The number of aryl methyl sites for hydroxylation is 3. The van der Waals surface area contributed by atoms with Crippen LogP contribution in [0.15, 0.2) is 12.5 Å². The monoisotopic (exact) mass is 161 g/mol. The van der Waals surface area contributed by atoms with Gasteiger partial charge >= 0.3 is 0 Å². The van der Waals surface area contributed by atoms with Gasteiger partial charge in [-0.1, -0.05) is 0 Å². The molecule has 2 rings (SSSR count). The summed E-state index contributed by atoms with van der Waals surface area (Å²) in [6.07, 6.45) is 3.61. The maximum absolute atomic E-state index is 4.15. The Hall–Kier alpha value is -1.38. The van der Waals surface area contributed by atoms with Gasteiger partial charge in [-0.3, -0.25) is 0 Å². The molecule has 3 nitrogen and oxygen atoms in total. The summed E-state index contributed by atoms with van der Waals surface area (Å²) in [5, 5.41) is 4.13. The fraction of sp³-hybridized carbons (Fsp3) is 0.333. The highest BCUT2D eigenvalue weighted by Crippen LogP contribution is 2.16. The standard InChI is InChI=1S/C9H11N3/c1-6-4-12-9(7(6)2)8(3)10-5-11-12/h4-5H,1-3H3. The van der Waals surface area contributed by atoms with Crippen molar-refractivity contribution in [3.05, 3.63) is 29.3 Å². The van der Waals surface area contributed by atoms with Crippen molar-refractivity contribution in [3.63, 3.8) is 0 Å². The van der Waals surface area contributed by atoms with Crippen LogP contribution in [0.5, 0.6) is 0 Å². The number of hydrogen-bond donors (Lipinski definition) is 0. The van der Waals surface area contributed by atoms with E-state index in [1.165, 1.54) is 11.1 Å². The molecule has 0 bridgehead atoms. The van der Waals surface area contributed by atoms with Crippen LogP contribution in [0.25, 0.3) is 5.52 Å². The lowest BCUT2D eigenvalue weighted by atomic mass is 10.2. The SMILES string of the molecule is Cc1cn2ncnc(C)c2c1C. The molecule has 0 aromatic carbocycles. The van der Waals surface area contributed by atoms with E-state index in [0.717, 1.165) is 11.2 Å². The number of nitrogens with zero attached hydrogens (tertiary/aromatic N) is 3. The van der Waals surface area contributed by atoms with Crippen molar-refractivity contribution < 1.29 is 0 Å². The second kappa shape index (κ2) is 2.30.